The van der Waals surface area contributed by atoms with Crippen molar-refractivity contribution in [3.63, 3.8) is 0 Å². The van der Waals surface area contributed by atoms with Gasteiger partial charge >= 0.3 is 0 Å². The number of allylic oxidation sites excluding steroid dienone is 4. The van der Waals surface area contributed by atoms with E-state index < -0.39 is 0 Å². The maximum absolute atomic E-state index is 4.69. The highest BCUT2D eigenvalue weighted by molar-refractivity contribution is 5.79. The van der Waals surface area contributed by atoms with Crippen molar-refractivity contribution in [1.29, 1.82) is 0 Å². The number of benzene rings is 1. The van der Waals surface area contributed by atoms with Gasteiger partial charge in [-0.2, -0.15) is 0 Å². The molecule has 3 rings (SSSR count). The molecule has 0 N–H and O–H groups in total. The molecule has 3 heteroatoms. The van der Waals surface area contributed by atoms with Gasteiger partial charge in [0.15, 0.2) is 0 Å². The summed E-state index contributed by atoms with van der Waals surface area (Å²) in [6.07, 6.45) is 8.17. The Balaban J connectivity index is 2.25. The molecule has 90 valence electrons. The maximum atomic E-state index is 4.69. The van der Waals surface area contributed by atoms with E-state index in [0.29, 0.717) is 0 Å². The van der Waals surface area contributed by atoms with Crippen LogP contribution in [-0.2, 0) is 6.54 Å². The molecule has 1 aliphatic rings. The SMILES string of the molecule is C=C1/C=C\C=C/Cn2c(nc3ccccc32)N1C. The average molecular weight is 237 g/mol. The number of aromatic nitrogens is 2. The number of nitrogens with zero attached hydrogens (tertiary/aromatic N) is 3. The van der Waals surface area contributed by atoms with Crippen LogP contribution >= 0.6 is 0 Å². The van der Waals surface area contributed by atoms with Gasteiger partial charge in [-0.15, -0.1) is 0 Å². The fourth-order valence-electron chi connectivity index (χ4n) is 2.15. The molecule has 0 saturated heterocycles. The maximum Gasteiger partial charge on any atom is 0.211 e. The van der Waals surface area contributed by atoms with Crippen molar-refractivity contribution in [3.8, 4) is 0 Å². The number of imidazole rings is 1. The largest absolute Gasteiger partial charge is 0.316 e. The molecule has 1 aliphatic heterocycles. The lowest BCUT2D eigenvalue weighted by molar-refractivity contribution is 0.826. The van der Waals surface area contributed by atoms with E-state index in [1.807, 2.05) is 48.4 Å². The van der Waals surface area contributed by atoms with Crippen LogP contribution in [0.2, 0.25) is 0 Å². The molecule has 1 aromatic carbocycles. The molecule has 2 aromatic rings. The Morgan fingerprint density at radius 1 is 1.22 bits per heavy atom. The van der Waals surface area contributed by atoms with Crippen LogP contribution in [0.25, 0.3) is 11.0 Å². The minimum atomic E-state index is 0.817. The summed E-state index contributed by atoms with van der Waals surface area (Å²) in [4.78, 5) is 6.71. The molecule has 1 aromatic heterocycles. The summed E-state index contributed by atoms with van der Waals surface area (Å²) in [5, 5.41) is 0. The van der Waals surface area contributed by atoms with Crippen molar-refractivity contribution >= 4 is 17.0 Å². The van der Waals surface area contributed by atoms with Crippen LogP contribution in [0.1, 0.15) is 0 Å². The van der Waals surface area contributed by atoms with Crippen LogP contribution in [0.3, 0.4) is 0 Å². The highest BCUT2D eigenvalue weighted by Gasteiger charge is 2.14. The normalized spacial score (nSPS) is 18.9. The van der Waals surface area contributed by atoms with Gasteiger partial charge in [-0.25, -0.2) is 4.98 Å². The van der Waals surface area contributed by atoms with E-state index >= 15 is 0 Å². The predicted octanol–water partition coefficient (Wildman–Crippen LogP) is 3.11. The summed E-state index contributed by atoms with van der Waals surface area (Å²) in [6.45, 7) is 4.88. The third kappa shape index (κ3) is 1.64. The van der Waals surface area contributed by atoms with Crippen LogP contribution in [0.5, 0.6) is 0 Å². The molecule has 0 amide bonds. The highest BCUT2D eigenvalue weighted by Crippen LogP contribution is 2.24. The van der Waals surface area contributed by atoms with E-state index in [1.54, 1.807) is 0 Å². The summed E-state index contributed by atoms with van der Waals surface area (Å²) in [6, 6.07) is 8.19. The minimum absolute atomic E-state index is 0.817. The Morgan fingerprint density at radius 3 is 2.94 bits per heavy atom. The molecule has 3 nitrogen and oxygen atoms in total. The van der Waals surface area contributed by atoms with Crippen LogP contribution in [-0.4, -0.2) is 16.6 Å². The first-order chi connectivity index (χ1) is 8.77. The Morgan fingerprint density at radius 2 is 2.06 bits per heavy atom. The summed E-state index contributed by atoms with van der Waals surface area (Å²) in [7, 11) is 2.00. The van der Waals surface area contributed by atoms with Crippen LogP contribution in [0, 0.1) is 0 Å². The second-order valence-electron chi connectivity index (χ2n) is 4.35. The molecule has 18 heavy (non-hydrogen) atoms. The topological polar surface area (TPSA) is 21.1 Å². The fourth-order valence-corrected chi connectivity index (χ4v) is 2.15. The molecule has 0 saturated carbocycles. The number of likely N-dealkylation sites (N-methyl/N-ethyl adjacent to an activating group) is 1. The summed E-state index contributed by atoms with van der Waals surface area (Å²) in [5.74, 6) is 0.928. The molecular formula is C15H15N3. The van der Waals surface area contributed by atoms with Gasteiger partial charge in [0, 0.05) is 19.3 Å². The average Bonchev–Trinajstić information content (AvgIpc) is 2.77. The molecule has 0 fully saturated rings. The second kappa shape index (κ2) is 4.18. The molecule has 0 radical (unpaired) electrons. The lowest BCUT2D eigenvalue weighted by Gasteiger charge is -2.19. The first kappa shape index (κ1) is 10.8. The molecule has 0 spiro atoms. The zero-order valence-electron chi connectivity index (χ0n) is 10.4. The van der Waals surface area contributed by atoms with Crippen molar-refractivity contribution in [2.45, 2.75) is 6.54 Å². The zero-order valence-corrected chi connectivity index (χ0v) is 10.4. The quantitative estimate of drug-likeness (QED) is 0.702. The number of para-hydroxylation sites is 2. The number of rotatable bonds is 0. The van der Waals surface area contributed by atoms with E-state index in [1.165, 1.54) is 0 Å². The van der Waals surface area contributed by atoms with E-state index in [2.05, 4.69) is 28.3 Å². The Labute approximate surface area is 106 Å². The highest BCUT2D eigenvalue weighted by atomic mass is 15.3. The van der Waals surface area contributed by atoms with Gasteiger partial charge in [0.1, 0.15) is 0 Å². The molecule has 2 heterocycles. The number of hydrogen-bond acceptors (Lipinski definition) is 2. The van der Waals surface area contributed by atoms with Gasteiger partial charge in [-0.05, 0) is 18.2 Å². The first-order valence-electron chi connectivity index (χ1n) is 5.98. The third-order valence-corrected chi connectivity index (χ3v) is 3.19. The van der Waals surface area contributed by atoms with Crippen molar-refractivity contribution in [3.05, 3.63) is 60.8 Å². The molecule has 0 unspecified atom stereocenters. The van der Waals surface area contributed by atoms with Crippen LogP contribution < -0.4 is 4.90 Å². The number of anilines is 1. The molecule has 0 bridgehead atoms. The van der Waals surface area contributed by atoms with E-state index in [-0.39, 0.29) is 0 Å². The van der Waals surface area contributed by atoms with Gasteiger partial charge in [0.05, 0.1) is 11.0 Å². The fraction of sp³-hybridized carbons (Fsp3) is 0.133. The smallest absolute Gasteiger partial charge is 0.211 e. The lowest BCUT2D eigenvalue weighted by Crippen LogP contribution is -2.18. The zero-order chi connectivity index (χ0) is 12.5. The number of fused-ring (bicyclic) bond motifs is 3. The monoisotopic (exact) mass is 237 g/mol. The van der Waals surface area contributed by atoms with Crippen LogP contribution in [0.15, 0.2) is 60.8 Å². The van der Waals surface area contributed by atoms with Crippen molar-refractivity contribution in [2.24, 2.45) is 0 Å². The van der Waals surface area contributed by atoms with Gasteiger partial charge in [0.2, 0.25) is 5.95 Å². The van der Waals surface area contributed by atoms with Crippen molar-refractivity contribution < 1.29 is 0 Å². The Kier molecular flexibility index (Phi) is 2.52. The molecule has 0 atom stereocenters. The summed E-state index contributed by atoms with van der Waals surface area (Å²) < 4.78 is 2.20. The van der Waals surface area contributed by atoms with Gasteiger partial charge in [0.25, 0.3) is 0 Å². The predicted molar refractivity (Wildman–Crippen MR) is 75.6 cm³/mol. The second-order valence-corrected chi connectivity index (χ2v) is 4.35. The van der Waals surface area contributed by atoms with E-state index in [9.17, 15) is 0 Å². The van der Waals surface area contributed by atoms with Crippen molar-refractivity contribution in [2.75, 3.05) is 11.9 Å². The standard InChI is InChI=1S/C15H15N3/c1-12-8-4-3-7-11-18-14-10-6-5-9-13(14)16-15(18)17(12)2/h3-10H,1,11H2,2H3/b7-3-,8-4-. The summed E-state index contributed by atoms with van der Waals surface area (Å²) in [5.41, 5.74) is 3.10. The van der Waals surface area contributed by atoms with E-state index in [4.69, 9.17) is 0 Å². The first-order valence-corrected chi connectivity index (χ1v) is 5.98. The number of hydrogen-bond donors (Lipinski definition) is 0. The van der Waals surface area contributed by atoms with Gasteiger partial charge in [-0.1, -0.05) is 36.9 Å². The lowest BCUT2D eigenvalue weighted by atomic mass is 10.3. The third-order valence-electron chi connectivity index (χ3n) is 3.19. The van der Waals surface area contributed by atoms with Gasteiger partial charge in [-0.3, -0.25) is 0 Å². The van der Waals surface area contributed by atoms with Crippen molar-refractivity contribution in [1.82, 2.24) is 9.55 Å². The Bertz CT molecular complexity index is 661. The van der Waals surface area contributed by atoms with E-state index in [0.717, 1.165) is 29.2 Å². The van der Waals surface area contributed by atoms with Gasteiger partial charge < -0.3 is 9.47 Å². The van der Waals surface area contributed by atoms with Crippen LogP contribution in [0.4, 0.5) is 5.95 Å². The minimum Gasteiger partial charge on any atom is -0.316 e. The Hall–Kier alpha value is -2.29. The summed E-state index contributed by atoms with van der Waals surface area (Å²) >= 11 is 0. The molecule has 0 aliphatic carbocycles. The molecular weight excluding hydrogens is 222 g/mol.